The Morgan fingerprint density at radius 3 is 2.44 bits per heavy atom. The standard InChI is InChI=1S/C23H27FN4O4/c24-18-5-3-17(4-6-18)22(26-11-13-32-14-12-26)16-25-19-7-8-21(28(30)31)20(15-19)23(29)27-9-1-2-10-27/h3-8,15,22,25H,1-2,9-14,16H2. The van der Waals surface area contributed by atoms with Crippen molar-refractivity contribution in [2.45, 2.75) is 18.9 Å². The molecule has 0 aromatic heterocycles. The number of benzene rings is 2. The minimum Gasteiger partial charge on any atom is -0.383 e. The fourth-order valence-corrected chi connectivity index (χ4v) is 4.31. The van der Waals surface area contributed by atoms with E-state index in [0.717, 1.165) is 31.5 Å². The van der Waals surface area contributed by atoms with Crippen LogP contribution in [0.3, 0.4) is 0 Å². The summed E-state index contributed by atoms with van der Waals surface area (Å²) in [4.78, 5) is 27.8. The molecule has 2 fully saturated rings. The number of carbonyl (C=O) groups is 1. The number of nitro benzene ring substituents is 1. The Labute approximate surface area is 186 Å². The number of hydrogen-bond acceptors (Lipinski definition) is 6. The lowest BCUT2D eigenvalue weighted by Crippen LogP contribution is -2.41. The topological polar surface area (TPSA) is 88.0 Å². The van der Waals surface area contributed by atoms with Gasteiger partial charge in [-0.2, -0.15) is 0 Å². The molecule has 0 aliphatic carbocycles. The fourth-order valence-electron chi connectivity index (χ4n) is 4.31. The van der Waals surface area contributed by atoms with Crippen molar-refractivity contribution in [2.75, 3.05) is 51.3 Å². The van der Waals surface area contributed by atoms with Gasteiger partial charge in [0.1, 0.15) is 11.4 Å². The van der Waals surface area contributed by atoms with Crippen molar-refractivity contribution in [3.8, 4) is 0 Å². The fraction of sp³-hybridized carbons (Fsp3) is 0.435. The SMILES string of the molecule is O=C(c1cc(NCC(c2ccc(F)cc2)N2CCOCC2)ccc1[N+](=O)[O-])N1CCCC1. The smallest absolute Gasteiger partial charge is 0.282 e. The third-order valence-electron chi connectivity index (χ3n) is 6.06. The minimum atomic E-state index is -0.512. The van der Waals surface area contributed by atoms with Crippen LogP contribution in [-0.4, -0.2) is 66.6 Å². The summed E-state index contributed by atoms with van der Waals surface area (Å²) in [5, 5.41) is 14.8. The second-order valence-corrected chi connectivity index (χ2v) is 8.08. The second kappa shape index (κ2) is 10.1. The first kappa shape index (κ1) is 22.2. The third-order valence-corrected chi connectivity index (χ3v) is 6.06. The third kappa shape index (κ3) is 5.05. The van der Waals surface area contributed by atoms with Gasteiger partial charge in [0.15, 0.2) is 0 Å². The van der Waals surface area contributed by atoms with Gasteiger partial charge in [0.05, 0.1) is 24.2 Å². The predicted octanol–water partition coefficient (Wildman–Crippen LogP) is 3.46. The first-order chi connectivity index (χ1) is 15.5. The van der Waals surface area contributed by atoms with E-state index >= 15 is 0 Å². The van der Waals surface area contributed by atoms with Crippen molar-refractivity contribution in [3.05, 3.63) is 69.5 Å². The number of rotatable bonds is 7. The zero-order valence-corrected chi connectivity index (χ0v) is 17.8. The number of nitrogens with one attached hydrogen (secondary N) is 1. The number of halogens is 1. The Balaban J connectivity index is 1.55. The van der Waals surface area contributed by atoms with Gasteiger partial charge >= 0.3 is 0 Å². The number of morpholine rings is 1. The maximum absolute atomic E-state index is 13.5. The number of carbonyl (C=O) groups excluding carboxylic acids is 1. The van der Waals surface area contributed by atoms with Gasteiger partial charge in [-0.05, 0) is 42.7 Å². The molecule has 2 heterocycles. The molecular weight excluding hydrogens is 415 g/mol. The largest absolute Gasteiger partial charge is 0.383 e. The van der Waals surface area contributed by atoms with Crippen molar-refractivity contribution in [2.24, 2.45) is 0 Å². The van der Waals surface area contributed by atoms with E-state index < -0.39 is 4.92 Å². The first-order valence-corrected chi connectivity index (χ1v) is 10.9. The molecule has 2 saturated heterocycles. The number of hydrogen-bond donors (Lipinski definition) is 1. The van der Waals surface area contributed by atoms with Crippen LogP contribution in [0.25, 0.3) is 0 Å². The molecule has 1 unspecified atom stereocenters. The molecule has 1 N–H and O–H groups in total. The summed E-state index contributed by atoms with van der Waals surface area (Å²) >= 11 is 0. The molecule has 2 aromatic rings. The molecule has 4 rings (SSSR count). The molecule has 2 aliphatic rings. The molecule has 0 bridgehead atoms. The van der Waals surface area contributed by atoms with Crippen molar-refractivity contribution < 1.29 is 18.8 Å². The molecular formula is C23H27FN4O4. The summed E-state index contributed by atoms with van der Waals surface area (Å²) in [5.41, 5.74) is 1.52. The highest BCUT2D eigenvalue weighted by Gasteiger charge is 2.28. The molecule has 1 amide bonds. The van der Waals surface area contributed by atoms with Crippen LogP contribution in [0, 0.1) is 15.9 Å². The molecule has 9 heteroatoms. The summed E-state index contributed by atoms with van der Waals surface area (Å²) in [6.45, 7) is 4.51. The normalized spacial score (nSPS) is 17.8. The van der Waals surface area contributed by atoms with Gasteiger partial charge in [-0.3, -0.25) is 19.8 Å². The maximum Gasteiger partial charge on any atom is 0.282 e. The van der Waals surface area contributed by atoms with E-state index in [2.05, 4.69) is 10.2 Å². The molecule has 32 heavy (non-hydrogen) atoms. The van der Waals surface area contributed by atoms with Crippen LogP contribution in [0.4, 0.5) is 15.8 Å². The lowest BCUT2D eigenvalue weighted by molar-refractivity contribution is -0.385. The van der Waals surface area contributed by atoms with Crippen LogP contribution >= 0.6 is 0 Å². The van der Waals surface area contributed by atoms with E-state index in [1.807, 2.05) is 0 Å². The molecule has 8 nitrogen and oxygen atoms in total. The van der Waals surface area contributed by atoms with Crippen molar-refractivity contribution in [1.82, 2.24) is 9.80 Å². The molecule has 2 aromatic carbocycles. The summed E-state index contributed by atoms with van der Waals surface area (Å²) < 4.78 is 18.9. The summed E-state index contributed by atoms with van der Waals surface area (Å²) in [7, 11) is 0. The molecule has 1 atom stereocenters. The van der Waals surface area contributed by atoms with E-state index in [9.17, 15) is 19.3 Å². The Morgan fingerprint density at radius 2 is 1.78 bits per heavy atom. The lowest BCUT2D eigenvalue weighted by atomic mass is 10.0. The van der Waals surface area contributed by atoms with Crippen molar-refractivity contribution >= 4 is 17.3 Å². The zero-order chi connectivity index (χ0) is 22.5. The van der Waals surface area contributed by atoms with Crippen LogP contribution < -0.4 is 5.32 Å². The van der Waals surface area contributed by atoms with Crippen LogP contribution in [0.2, 0.25) is 0 Å². The average molecular weight is 442 g/mol. The van der Waals surface area contributed by atoms with Crippen molar-refractivity contribution in [1.29, 1.82) is 0 Å². The zero-order valence-electron chi connectivity index (χ0n) is 17.8. The van der Waals surface area contributed by atoms with Gasteiger partial charge in [-0.1, -0.05) is 12.1 Å². The Morgan fingerprint density at radius 1 is 1.09 bits per heavy atom. The number of nitrogens with zero attached hydrogens (tertiary/aromatic N) is 3. The number of ether oxygens (including phenoxy) is 1. The molecule has 170 valence electrons. The number of likely N-dealkylation sites (tertiary alicyclic amines) is 1. The van der Waals surface area contributed by atoms with Gasteiger partial charge in [0, 0.05) is 44.5 Å². The summed E-state index contributed by atoms with van der Waals surface area (Å²) in [6, 6.07) is 11.0. The van der Waals surface area contributed by atoms with E-state index in [1.54, 1.807) is 29.2 Å². The summed E-state index contributed by atoms with van der Waals surface area (Å²) in [6.07, 6.45) is 1.83. The van der Waals surface area contributed by atoms with Crippen LogP contribution in [0.1, 0.15) is 34.8 Å². The van der Waals surface area contributed by atoms with E-state index in [0.29, 0.717) is 38.5 Å². The Hall–Kier alpha value is -3.04. The predicted molar refractivity (Wildman–Crippen MR) is 118 cm³/mol. The van der Waals surface area contributed by atoms with Crippen molar-refractivity contribution in [3.63, 3.8) is 0 Å². The Kier molecular flexibility index (Phi) is 6.96. The average Bonchev–Trinajstić information content (AvgIpc) is 3.35. The highest BCUT2D eigenvalue weighted by Crippen LogP contribution is 2.28. The van der Waals surface area contributed by atoms with Gasteiger partial charge in [0.25, 0.3) is 11.6 Å². The van der Waals surface area contributed by atoms with Gasteiger partial charge in [0.2, 0.25) is 0 Å². The number of nitro groups is 1. The molecule has 0 spiro atoms. The number of amides is 1. The van der Waals surface area contributed by atoms with Crippen LogP contribution in [-0.2, 0) is 4.74 Å². The van der Waals surface area contributed by atoms with Gasteiger partial charge in [-0.15, -0.1) is 0 Å². The van der Waals surface area contributed by atoms with E-state index in [4.69, 9.17) is 4.74 Å². The first-order valence-electron chi connectivity index (χ1n) is 10.9. The minimum absolute atomic E-state index is 0.0348. The summed E-state index contributed by atoms with van der Waals surface area (Å²) in [5.74, 6) is -0.594. The van der Waals surface area contributed by atoms with Crippen LogP contribution in [0.15, 0.2) is 42.5 Å². The second-order valence-electron chi connectivity index (χ2n) is 8.08. The molecule has 0 radical (unpaired) electrons. The van der Waals surface area contributed by atoms with Crippen LogP contribution in [0.5, 0.6) is 0 Å². The van der Waals surface area contributed by atoms with Gasteiger partial charge in [-0.25, -0.2) is 4.39 Å². The molecule has 2 aliphatic heterocycles. The van der Waals surface area contributed by atoms with E-state index in [-0.39, 0.29) is 29.0 Å². The van der Waals surface area contributed by atoms with Gasteiger partial charge < -0.3 is 15.0 Å². The highest BCUT2D eigenvalue weighted by molar-refractivity contribution is 5.99. The lowest BCUT2D eigenvalue weighted by Gasteiger charge is -2.35. The Bertz CT molecular complexity index is 957. The monoisotopic (exact) mass is 442 g/mol. The maximum atomic E-state index is 13.5. The quantitative estimate of drug-likeness (QED) is 0.522. The highest BCUT2D eigenvalue weighted by atomic mass is 19.1. The number of anilines is 1. The van der Waals surface area contributed by atoms with E-state index in [1.165, 1.54) is 18.2 Å². The molecule has 0 saturated carbocycles.